The fourth-order valence-electron chi connectivity index (χ4n) is 2.82. The summed E-state index contributed by atoms with van der Waals surface area (Å²) < 4.78 is 4.87. The molecule has 3 rings (SSSR count). The number of nitrogens with zero attached hydrogens (tertiary/aromatic N) is 4. The fourth-order valence-corrected chi connectivity index (χ4v) is 3.49. The summed E-state index contributed by atoms with van der Waals surface area (Å²) >= 11 is 7.39. The van der Waals surface area contributed by atoms with E-state index in [1.165, 1.54) is 23.3 Å². The minimum absolute atomic E-state index is 0.581. The van der Waals surface area contributed by atoms with Crippen LogP contribution in [0, 0.1) is 4.77 Å². The number of allylic oxidation sites excluding steroid dienone is 1. The fraction of sp³-hybridized carbons (Fsp3) is 0.444. The van der Waals surface area contributed by atoms with Gasteiger partial charge >= 0.3 is 0 Å². The van der Waals surface area contributed by atoms with Gasteiger partial charge in [0.15, 0.2) is 4.77 Å². The molecular weight excluding hydrogens is 336 g/mol. The molecule has 0 aliphatic heterocycles. The van der Waals surface area contributed by atoms with Crippen LogP contribution in [0.25, 0.3) is 0 Å². The quantitative estimate of drug-likeness (QED) is 0.398. The molecule has 0 amide bonds. The maximum absolute atomic E-state index is 5.63. The molecule has 1 fully saturated rings. The molecule has 6 heteroatoms. The van der Waals surface area contributed by atoms with Crippen LogP contribution >= 0.6 is 24.0 Å². The second-order valence-corrected chi connectivity index (χ2v) is 7.56. The molecule has 0 saturated heterocycles. The molecule has 1 aromatic heterocycles. The third kappa shape index (κ3) is 3.99. The van der Waals surface area contributed by atoms with E-state index in [1.807, 2.05) is 10.8 Å². The highest BCUT2D eigenvalue weighted by molar-refractivity contribution is 7.98. The van der Waals surface area contributed by atoms with Crippen LogP contribution in [0.15, 0.2) is 41.8 Å². The maximum Gasteiger partial charge on any atom is 0.199 e. The van der Waals surface area contributed by atoms with Gasteiger partial charge < -0.3 is 0 Å². The first-order chi connectivity index (χ1) is 11.6. The van der Waals surface area contributed by atoms with E-state index >= 15 is 0 Å². The third-order valence-electron chi connectivity index (χ3n) is 4.19. The standard InChI is InChI=1S/C18H24N4S2/c1-4-11-21-17(15-7-8-15)19-22(18(21)23)13-20(2)12-14-5-9-16(24-3)10-6-14/h4-6,9-10,15H,1,7-8,11-13H2,2-3H3. The van der Waals surface area contributed by atoms with Gasteiger partial charge in [-0.2, -0.15) is 5.10 Å². The molecule has 1 aromatic carbocycles. The number of hydrogen-bond acceptors (Lipinski definition) is 4. The lowest BCUT2D eigenvalue weighted by Crippen LogP contribution is -2.22. The van der Waals surface area contributed by atoms with Gasteiger partial charge in [-0.05, 0) is 56.1 Å². The number of rotatable bonds is 8. The van der Waals surface area contributed by atoms with Crippen LogP contribution in [0.1, 0.15) is 30.1 Å². The average molecular weight is 361 g/mol. The molecule has 24 heavy (non-hydrogen) atoms. The van der Waals surface area contributed by atoms with Crippen molar-refractivity contribution in [3.05, 3.63) is 53.1 Å². The van der Waals surface area contributed by atoms with Crippen molar-refractivity contribution in [1.82, 2.24) is 19.2 Å². The topological polar surface area (TPSA) is 26.0 Å². The molecule has 1 saturated carbocycles. The number of aromatic nitrogens is 3. The highest BCUT2D eigenvalue weighted by Gasteiger charge is 2.29. The second kappa shape index (κ2) is 7.68. The molecule has 0 unspecified atom stereocenters. The van der Waals surface area contributed by atoms with Gasteiger partial charge in [-0.3, -0.25) is 9.47 Å². The smallest absolute Gasteiger partial charge is 0.199 e. The van der Waals surface area contributed by atoms with Crippen molar-refractivity contribution < 1.29 is 0 Å². The Morgan fingerprint density at radius 1 is 1.38 bits per heavy atom. The predicted octanol–water partition coefficient (Wildman–Crippen LogP) is 4.29. The van der Waals surface area contributed by atoms with Crippen molar-refractivity contribution in [2.24, 2.45) is 0 Å². The number of thioether (sulfide) groups is 1. The first-order valence-corrected chi connectivity index (χ1v) is 9.85. The van der Waals surface area contributed by atoms with E-state index in [-0.39, 0.29) is 0 Å². The largest absolute Gasteiger partial charge is 0.300 e. The average Bonchev–Trinajstić information content (AvgIpc) is 3.37. The van der Waals surface area contributed by atoms with Gasteiger partial charge in [0, 0.05) is 23.9 Å². The Hall–Kier alpha value is -1.37. The lowest BCUT2D eigenvalue weighted by atomic mass is 10.2. The van der Waals surface area contributed by atoms with Crippen LogP contribution in [0.2, 0.25) is 0 Å². The van der Waals surface area contributed by atoms with Crippen LogP contribution in [0.4, 0.5) is 0 Å². The zero-order valence-electron chi connectivity index (χ0n) is 14.3. The van der Waals surface area contributed by atoms with E-state index in [4.69, 9.17) is 17.3 Å². The van der Waals surface area contributed by atoms with Crippen molar-refractivity contribution in [1.29, 1.82) is 0 Å². The molecule has 2 aromatic rings. The lowest BCUT2D eigenvalue weighted by molar-refractivity contribution is 0.243. The minimum atomic E-state index is 0.581. The Balaban J connectivity index is 1.71. The predicted molar refractivity (Wildman–Crippen MR) is 103 cm³/mol. The normalized spacial score (nSPS) is 14.3. The van der Waals surface area contributed by atoms with Crippen molar-refractivity contribution in [2.45, 2.75) is 43.4 Å². The third-order valence-corrected chi connectivity index (χ3v) is 5.37. The summed E-state index contributed by atoms with van der Waals surface area (Å²) in [5.41, 5.74) is 1.30. The van der Waals surface area contributed by atoms with Gasteiger partial charge in [0.2, 0.25) is 0 Å². The Morgan fingerprint density at radius 2 is 2.08 bits per heavy atom. The van der Waals surface area contributed by atoms with Crippen LogP contribution in [0.3, 0.4) is 0 Å². The highest BCUT2D eigenvalue weighted by atomic mass is 32.2. The van der Waals surface area contributed by atoms with Gasteiger partial charge in [0.25, 0.3) is 0 Å². The van der Waals surface area contributed by atoms with Crippen molar-refractivity contribution >= 4 is 24.0 Å². The minimum Gasteiger partial charge on any atom is -0.300 e. The summed E-state index contributed by atoms with van der Waals surface area (Å²) in [4.78, 5) is 3.53. The zero-order chi connectivity index (χ0) is 17.1. The first-order valence-electron chi connectivity index (χ1n) is 8.22. The van der Waals surface area contributed by atoms with E-state index in [1.54, 1.807) is 11.8 Å². The summed E-state index contributed by atoms with van der Waals surface area (Å²) in [5.74, 6) is 1.70. The Morgan fingerprint density at radius 3 is 2.67 bits per heavy atom. The van der Waals surface area contributed by atoms with Crippen molar-refractivity contribution in [2.75, 3.05) is 13.3 Å². The summed E-state index contributed by atoms with van der Waals surface area (Å²) in [6, 6.07) is 8.72. The zero-order valence-corrected chi connectivity index (χ0v) is 15.9. The van der Waals surface area contributed by atoms with Crippen LogP contribution in [-0.2, 0) is 19.8 Å². The molecule has 0 bridgehead atoms. The first kappa shape index (κ1) is 17.5. The lowest BCUT2D eigenvalue weighted by Gasteiger charge is -2.16. The Labute approximate surface area is 153 Å². The summed E-state index contributed by atoms with van der Waals surface area (Å²) in [5, 5.41) is 4.78. The summed E-state index contributed by atoms with van der Waals surface area (Å²) in [7, 11) is 2.10. The van der Waals surface area contributed by atoms with Crippen LogP contribution < -0.4 is 0 Å². The molecule has 0 spiro atoms. The van der Waals surface area contributed by atoms with E-state index in [0.29, 0.717) is 12.6 Å². The van der Waals surface area contributed by atoms with Gasteiger partial charge in [-0.15, -0.1) is 18.3 Å². The molecule has 0 N–H and O–H groups in total. The summed E-state index contributed by atoms with van der Waals surface area (Å²) in [6.07, 6.45) is 6.44. The Kier molecular flexibility index (Phi) is 5.58. The van der Waals surface area contributed by atoms with E-state index < -0.39 is 0 Å². The van der Waals surface area contributed by atoms with Crippen LogP contribution in [0.5, 0.6) is 0 Å². The van der Waals surface area contributed by atoms with Gasteiger partial charge in [0.05, 0.1) is 6.67 Å². The SMILES string of the molecule is C=CCn1c(C2CC2)nn(CN(C)Cc2ccc(SC)cc2)c1=S. The monoisotopic (exact) mass is 360 g/mol. The molecule has 1 aliphatic rings. The van der Waals surface area contributed by atoms with E-state index in [0.717, 1.165) is 23.7 Å². The highest BCUT2D eigenvalue weighted by Crippen LogP contribution is 2.39. The molecule has 128 valence electrons. The van der Waals surface area contributed by atoms with Gasteiger partial charge in [-0.1, -0.05) is 18.2 Å². The van der Waals surface area contributed by atoms with Gasteiger partial charge in [-0.25, -0.2) is 4.68 Å². The molecular formula is C18H24N4S2. The summed E-state index contributed by atoms with van der Waals surface area (Å²) in [6.45, 7) is 6.16. The molecule has 1 heterocycles. The van der Waals surface area contributed by atoms with Crippen molar-refractivity contribution in [3.8, 4) is 0 Å². The van der Waals surface area contributed by atoms with Crippen molar-refractivity contribution in [3.63, 3.8) is 0 Å². The van der Waals surface area contributed by atoms with Gasteiger partial charge in [0.1, 0.15) is 5.82 Å². The molecule has 0 atom stereocenters. The van der Waals surface area contributed by atoms with E-state index in [9.17, 15) is 0 Å². The molecule has 0 radical (unpaired) electrons. The molecule has 1 aliphatic carbocycles. The maximum atomic E-state index is 5.63. The van der Waals surface area contributed by atoms with E-state index in [2.05, 4.69) is 53.6 Å². The van der Waals surface area contributed by atoms with Crippen LogP contribution in [-0.4, -0.2) is 32.6 Å². The molecule has 4 nitrogen and oxygen atoms in total. The number of hydrogen-bond donors (Lipinski definition) is 0. The Bertz CT molecular complexity index is 756. The number of benzene rings is 1. The second-order valence-electron chi connectivity index (χ2n) is 6.32.